The molecule has 1 aliphatic carbocycles. The van der Waals surface area contributed by atoms with Crippen LogP contribution in [0.4, 0.5) is 5.69 Å². The van der Waals surface area contributed by atoms with Gasteiger partial charge in [0.05, 0.1) is 19.2 Å². The van der Waals surface area contributed by atoms with Gasteiger partial charge in [-0.3, -0.25) is 9.59 Å². The molecule has 0 saturated heterocycles. The zero-order valence-corrected chi connectivity index (χ0v) is 19.4. The number of anilines is 1. The van der Waals surface area contributed by atoms with E-state index in [1.54, 1.807) is 42.5 Å². The molecular formula is C25H29ClN2O4. The molecule has 0 unspecified atom stereocenters. The maximum Gasteiger partial charge on any atom is 0.253 e. The van der Waals surface area contributed by atoms with Crippen molar-refractivity contribution in [1.29, 1.82) is 0 Å². The molecule has 0 atom stereocenters. The fraction of sp³-hybridized carbons (Fsp3) is 0.360. The van der Waals surface area contributed by atoms with Crippen molar-refractivity contribution in [3.63, 3.8) is 0 Å². The van der Waals surface area contributed by atoms with E-state index < -0.39 is 0 Å². The van der Waals surface area contributed by atoms with Crippen molar-refractivity contribution >= 4 is 35.2 Å². The first-order chi connectivity index (χ1) is 15.4. The third-order valence-electron chi connectivity index (χ3n) is 5.73. The average molecular weight is 457 g/mol. The lowest BCUT2D eigenvalue weighted by atomic mass is 9.94. The van der Waals surface area contributed by atoms with E-state index >= 15 is 0 Å². The Kier molecular flexibility index (Phi) is 8.17. The van der Waals surface area contributed by atoms with Crippen LogP contribution in [-0.4, -0.2) is 44.0 Å². The van der Waals surface area contributed by atoms with Gasteiger partial charge in [-0.25, -0.2) is 0 Å². The summed E-state index contributed by atoms with van der Waals surface area (Å²) in [6.07, 6.45) is 8.78. The molecule has 0 heterocycles. The molecule has 3 rings (SSSR count). The minimum Gasteiger partial charge on any atom is -0.493 e. The van der Waals surface area contributed by atoms with E-state index in [9.17, 15) is 9.59 Å². The molecule has 6 nitrogen and oxygen atoms in total. The number of hydrogen-bond donors (Lipinski definition) is 1. The van der Waals surface area contributed by atoms with Gasteiger partial charge < -0.3 is 19.7 Å². The molecule has 1 aliphatic rings. The highest BCUT2D eigenvalue weighted by Crippen LogP contribution is 2.36. The maximum atomic E-state index is 12.8. The molecule has 0 bridgehead atoms. The lowest BCUT2D eigenvalue weighted by Gasteiger charge is -2.31. The summed E-state index contributed by atoms with van der Waals surface area (Å²) in [4.78, 5) is 26.9. The Hall–Kier alpha value is -2.99. The van der Waals surface area contributed by atoms with E-state index in [-0.39, 0.29) is 11.8 Å². The number of hydrogen-bond acceptors (Lipinski definition) is 4. The number of nitrogens with zero attached hydrogens (tertiary/aromatic N) is 1. The first-order valence-electron chi connectivity index (χ1n) is 10.7. The molecule has 2 aromatic rings. The maximum absolute atomic E-state index is 12.8. The SMILES string of the molecule is COc1cc(/C=C/C(=O)Nc2ccc(C(=O)N(C)C3CCCCC3)cc2)cc(Cl)c1OC. The summed E-state index contributed by atoms with van der Waals surface area (Å²) in [7, 11) is 4.91. The Bertz CT molecular complexity index is 982. The highest BCUT2D eigenvalue weighted by atomic mass is 35.5. The van der Waals surface area contributed by atoms with Crippen molar-refractivity contribution in [2.75, 3.05) is 26.6 Å². The molecule has 1 N–H and O–H groups in total. The van der Waals surface area contributed by atoms with Gasteiger partial charge in [0.15, 0.2) is 11.5 Å². The number of methoxy groups -OCH3 is 2. The number of rotatable bonds is 7. The number of amides is 2. The Morgan fingerprint density at radius 3 is 2.38 bits per heavy atom. The van der Waals surface area contributed by atoms with E-state index in [1.165, 1.54) is 39.6 Å². The molecule has 1 saturated carbocycles. The summed E-state index contributed by atoms with van der Waals surface area (Å²) in [5.41, 5.74) is 1.93. The molecular weight excluding hydrogens is 428 g/mol. The first-order valence-corrected chi connectivity index (χ1v) is 11.1. The zero-order chi connectivity index (χ0) is 23.1. The second-order valence-corrected chi connectivity index (χ2v) is 8.25. The lowest BCUT2D eigenvalue weighted by molar-refractivity contribution is -0.111. The average Bonchev–Trinajstić information content (AvgIpc) is 2.82. The van der Waals surface area contributed by atoms with Crippen LogP contribution in [0.25, 0.3) is 6.08 Å². The fourth-order valence-electron chi connectivity index (χ4n) is 3.92. The summed E-state index contributed by atoms with van der Waals surface area (Å²) in [5, 5.41) is 3.19. The van der Waals surface area contributed by atoms with Gasteiger partial charge in [-0.1, -0.05) is 30.9 Å². The third kappa shape index (κ3) is 5.82. The Labute approximate surface area is 194 Å². The predicted molar refractivity (Wildman–Crippen MR) is 128 cm³/mol. The summed E-state index contributed by atoms with van der Waals surface area (Å²) in [5.74, 6) is 0.646. The highest BCUT2D eigenvalue weighted by molar-refractivity contribution is 6.32. The minimum absolute atomic E-state index is 0.0139. The molecule has 32 heavy (non-hydrogen) atoms. The van der Waals surface area contributed by atoms with Crippen LogP contribution < -0.4 is 14.8 Å². The largest absolute Gasteiger partial charge is 0.493 e. The van der Waals surface area contributed by atoms with E-state index in [2.05, 4.69) is 5.32 Å². The molecule has 7 heteroatoms. The van der Waals surface area contributed by atoms with E-state index in [1.807, 2.05) is 11.9 Å². The molecule has 0 spiro atoms. The van der Waals surface area contributed by atoms with Gasteiger partial charge in [0.2, 0.25) is 5.91 Å². The normalized spacial score (nSPS) is 14.2. The predicted octanol–water partition coefficient (Wildman–Crippen LogP) is 5.41. The van der Waals surface area contributed by atoms with Crippen LogP contribution in [0, 0.1) is 0 Å². The summed E-state index contributed by atoms with van der Waals surface area (Å²) >= 11 is 6.20. The lowest BCUT2D eigenvalue weighted by Crippen LogP contribution is -2.38. The van der Waals surface area contributed by atoms with Gasteiger partial charge in [-0.15, -0.1) is 0 Å². The van der Waals surface area contributed by atoms with Crippen LogP contribution in [-0.2, 0) is 4.79 Å². The second-order valence-electron chi connectivity index (χ2n) is 7.85. The number of carbonyl (C=O) groups excluding carboxylic acids is 2. The fourth-order valence-corrected chi connectivity index (χ4v) is 4.22. The van der Waals surface area contributed by atoms with Crippen LogP contribution in [0.5, 0.6) is 11.5 Å². The smallest absolute Gasteiger partial charge is 0.253 e. The van der Waals surface area contributed by atoms with Gasteiger partial charge in [0.25, 0.3) is 5.91 Å². The Morgan fingerprint density at radius 2 is 1.75 bits per heavy atom. The molecule has 2 amide bonds. The van der Waals surface area contributed by atoms with Crippen molar-refractivity contribution in [3.05, 3.63) is 58.6 Å². The molecule has 0 radical (unpaired) electrons. The summed E-state index contributed by atoms with van der Waals surface area (Å²) < 4.78 is 10.5. The van der Waals surface area contributed by atoms with Gasteiger partial charge in [-0.05, 0) is 60.9 Å². The first kappa shape index (κ1) is 23.7. The minimum atomic E-state index is -0.297. The number of carbonyl (C=O) groups is 2. The van der Waals surface area contributed by atoms with E-state index in [4.69, 9.17) is 21.1 Å². The standard InChI is InChI=1S/C25H29ClN2O4/c1-28(20-7-5-4-6-8-20)25(30)18-10-12-19(13-11-18)27-23(29)14-9-17-15-21(26)24(32-3)22(16-17)31-2/h9-16,20H,4-8H2,1-3H3,(H,27,29)/b14-9+. The number of halogens is 1. The summed E-state index contributed by atoms with van der Waals surface area (Å²) in [6.45, 7) is 0. The molecule has 1 fully saturated rings. The van der Waals surface area contributed by atoms with E-state index in [0.717, 1.165) is 12.8 Å². The number of benzene rings is 2. The van der Waals surface area contributed by atoms with Crippen molar-refractivity contribution in [3.8, 4) is 11.5 Å². The van der Waals surface area contributed by atoms with Crippen LogP contribution in [0.3, 0.4) is 0 Å². The molecule has 0 aliphatic heterocycles. The zero-order valence-electron chi connectivity index (χ0n) is 18.7. The van der Waals surface area contributed by atoms with Crippen LogP contribution in [0.2, 0.25) is 5.02 Å². The van der Waals surface area contributed by atoms with Crippen molar-refractivity contribution in [1.82, 2.24) is 4.90 Å². The molecule has 2 aromatic carbocycles. The van der Waals surface area contributed by atoms with Crippen LogP contribution in [0.15, 0.2) is 42.5 Å². The Morgan fingerprint density at radius 1 is 1.06 bits per heavy atom. The Balaban J connectivity index is 1.61. The number of ether oxygens (including phenoxy) is 2. The van der Waals surface area contributed by atoms with Gasteiger partial charge in [0, 0.05) is 30.4 Å². The molecule has 170 valence electrons. The van der Waals surface area contributed by atoms with Gasteiger partial charge in [0.1, 0.15) is 0 Å². The van der Waals surface area contributed by atoms with E-state index in [0.29, 0.717) is 39.4 Å². The summed E-state index contributed by atoms with van der Waals surface area (Å²) in [6, 6.07) is 10.7. The quantitative estimate of drug-likeness (QED) is 0.565. The van der Waals surface area contributed by atoms with Gasteiger partial charge >= 0.3 is 0 Å². The highest BCUT2D eigenvalue weighted by Gasteiger charge is 2.22. The van der Waals surface area contributed by atoms with Crippen LogP contribution >= 0.6 is 11.6 Å². The second kappa shape index (κ2) is 11.0. The number of nitrogens with one attached hydrogen (secondary N) is 1. The third-order valence-corrected chi connectivity index (χ3v) is 6.01. The van der Waals surface area contributed by atoms with Crippen LogP contribution in [0.1, 0.15) is 48.0 Å². The van der Waals surface area contributed by atoms with Crippen molar-refractivity contribution in [2.24, 2.45) is 0 Å². The van der Waals surface area contributed by atoms with Gasteiger partial charge in [-0.2, -0.15) is 0 Å². The monoisotopic (exact) mass is 456 g/mol. The van der Waals surface area contributed by atoms with Crippen molar-refractivity contribution < 1.29 is 19.1 Å². The van der Waals surface area contributed by atoms with Crippen molar-refractivity contribution in [2.45, 2.75) is 38.1 Å². The topological polar surface area (TPSA) is 67.9 Å². The molecule has 0 aromatic heterocycles.